The number of nitrogens with one attached hydrogen (secondary N) is 1. The molecule has 0 amide bonds. The minimum Gasteiger partial charge on any atom is -0.354 e. The first-order valence-electron chi connectivity index (χ1n) is 7.52. The van der Waals surface area contributed by atoms with Crippen LogP contribution in [0.2, 0.25) is 0 Å². The highest BCUT2D eigenvalue weighted by Gasteiger charge is 2.19. The van der Waals surface area contributed by atoms with E-state index in [1.807, 2.05) is 13.8 Å². The second kappa shape index (κ2) is 5.16. The van der Waals surface area contributed by atoms with Crippen molar-refractivity contribution in [2.45, 2.75) is 33.6 Å². The van der Waals surface area contributed by atoms with Gasteiger partial charge in [0.2, 0.25) is 0 Å². The Bertz CT molecular complexity index is 755. The monoisotopic (exact) mass is 265 g/mol. The molecule has 1 nitrogen and oxygen atoms in total. The van der Waals surface area contributed by atoms with Crippen LogP contribution >= 0.6 is 0 Å². The maximum atomic E-state index is 3.59. The molecule has 1 heterocycles. The number of para-hydroxylation sites is 1. The van der Waals surface area contributed by atoms with Crippen molar-refractivity contribution >= 4 is 10.9 Å². The van der Waals surface area contributed by atoms with Gasteiger partial charge in [-0.3, -0.25) is 0 Å². The Balaban J connectivity index is 0.000000517. The van der Waals surface area contributed by atoms with Crippen molar-refractivity contribution in [2.24, 2.45) is 0 Å². The lowest BCUT2D eigenvalue weighted by atomic mass is 9.88. The maximum absolute atomic E-state index is 3.59. The second-order valence-corrected chi connectivity index (χ2v) is 5.18. The van der Waals surface area contributed by atoms with Gasteiger partial charge in [0.05, 0.1) is 0 Å². The number of benzene rings is 2. The average molecular weight is 265 g/mol. The van der Waals surface area contributed by atoms with Crippen LogP contribution in [0.5, 0.6) is 0 Å². The quantitative estimate of drug-likeness (QED) is 0.551. The van der Waals surface area contributed by atoms with E-state index in [-0.39, 0.29) is 1.43 Å². The highest BCUT2D eigenvalue weighted by atomic mass is 14.7. The number of aromatic amines is 1. The van der Waals surface area contributed by atoms with Gasteiger partial charge in [-0.15, -0.1) is 0 Å². The summed E-state index contributed by atoms with van der Waals surface area (Å²) in [6.07, 6.45) is 2.31. The number of rotatable bonds is 0. The van der Waals surface area contributed by atoms with Gasteiger partial charge in [0.25, 0.3) is 0 Å². The fourth-order valence-corrected chi connectivity index (χ4v) is 3.12. The zero-order valence-corrected chi connectivity index (χ0v) is 12.5. The first kappa shape index (κ1) is 13.0. The molecule has 0 aliphatic heterocycles. The van der Waals surface area contributed by atoms with Gasteiger partial charge < -0.3 is 4.98 Å². The van der Waals surface area contributed by atoms with Gasteiger partial charge in [0.1, 0.15) is 0 Å². The molecule has 0 radical (unpaired) electrons. The molecule has 3 aromatic rings. The SMILES string of the molecule is CC.Cc1ccc2c(c1)CCc1c-2[nH]c2ccccc12.[HH]. The predicted octanol–water partition coefficient (Wildman–Crippen LogP) is 5.51. The van der Waals surface area contributed by atoms with Crippen molar-refractivity contribution in [1.29, 1.82) is 0 Å². The van der Waals surface area contributed by atoms with E-state index in [1.165, 1.54) is 38.9 Å². The lowest BCUT2D eigenvalue weighted by Crippen LogP contribution is -2.02. The Morgan fingerprint density at radius 1 is 1.00 bits per heavy atom. The van der Waals surface area contributed by atoms with Crippen LogP contribution in [-0.4, -0.2) is 4.98 Å². The fraction of sp³-hybridized carbons (Fsp3) is 0.263. The first-order chi connectivity index (χ1) is 9.83. The standard InChI is InChI=1S/C17H15N.C2H6.H2/c1-11-6-8-13-12(10-11)7-9-15-14-4-2-3-5-16(14)18-17(13)15;1-2;/h2-6,8,10,18H,7,9H2,1H3;1-2H3;1H. The summed E-state index contributed by atoms with van der Waals surface area (Å²) >= 11 is 0. The largest absolute Gasteiger partial charge is 0.354 e. The van der Waals surface area contributed by atoms with Crippen LogP contribution in [-0.2, 0) is 12.8 Å². The molecule has 0 saturated carbocycles. The highest BCUT2D eigenvalue weighted by Crippen LogP contribution is 2.37. The van der Waals surface area contributed by atoms with Gasteiger partial charge in [-0.25, -0.2) is 0 Å². The summed E-state index contributed by atoms with van der Waals surface area (Å²) in [5, 5.41) is 1.39. The van der Waals surface area contributed by atoms with E-state index in [2.05, 4.69) is 54.4 Å². The van der Waals surface area contributed by atoms with E-state index in [0.717, 1.165) is 12.8 Å². The third-order valence-electron chi connectivity index (χ3n) is 3.99. The molecular weight excluding hydrogens is 242 g/mol. The molecule has 0 saturated heterocycles. The molecule has 1 heteroatoms. The summed E-state index contributed by atoms with van der Waals surface area (Å²) in [7, 11) is 0. The van der Waals surface area contributed by atoms with Gasteiger partial charge in [-0.1, -0.05) is 55.8 Å². The van der Waals surface area contributed by atoms with Crippen LogP contribution in [0.4, 0.5) is 0 Å². The van der Waals surface area contributed by atoms with Gasteiger partial charge in [-0.2, -0.15) is 0 Å². The van der Waals surface area contributed by atoms with Crippen molar-refractivity contribution < 1.29 is 1.43 Å². The number of aromatic nitrogens is 1. The Hall–Kier alpha value is -2.02. The third-order valence-corrected chi connectivity index (χ3v) is 3.99. The van der Waals surface area contributed by atoms with E-state index in [4.69, 9.17) is 0 Å². The van der Waals surface area contributed by atoms with Gasteiger partial charge in [0.15, 0.2) is 0 Å². The van der Waals surface area contributed by atoms with E-state index >= 15 is 0 Å². The molecule has 0 spiro atoms. The predicted molar refractivity (Wildman–Crippen MR) is 89.3 cm³/mol. The Morgan fingerprint density at radius 2 is 1.80 bits per heavy atom. The minimum absolute atomic E-state index is 0. The Kier molecular flexibility index (Phi) is 3.35. The Morgan fingerprint density at radius 3 is 2.65 bits per heavy atom. The molecular formula is C19H23N. The number of hydrogen-bond acceptors (Lipinski definition) is 0. The number of aryl methyl sites for hydroxylation is 3. The summed E-state index contributed by atoms with van der Waals surface area (Å²) in [6, 6.07) is 15.4. The topological polar surface area (TPSA) is 15.8 Å². The molecule has 1 aliphatic rings. The molecule has 0 unspecified atom stereocenters. The second-order valence-electron chi connectivity index (χ2n) is 5.18. The lowest BCUT2D eigenvalue weighted by Gasteiger charge is -2.17. The number of hydrogen-bond donors (Lipinski definition) is 1. The maximum Gasteiger partial charge on any atom is 0.0500 e. The molecule has 0 bridgehead atoms. The fourth-order valence-electron chi connectivity index (χ4n) is 3.12. The smallest absolute Gasteiger partial charge is 0.0500 e. The molecule has 1 aromatic heterocycles. The molecule has 1 aliphatic carbocycles. The van der Waals surface area contributed by atoms with Gasteiger partial charge >= 0.3 is 0 Å². The van der Waals surface area contributed by atoms with E-state index in [1.54, 1.807) is 0 Å². The van der Waals surface area contributed by atoms with Gasteiger partial charge in [-0.05, 0) is 37.0 Å². The van der Waals surface area contributed by atoms with Crippen LogP contribution in [0.15, 0.2) is 42.5 Å². The summed E-state index contributed by atoms with van der Waals surface area (Å²) in [6.45, 7) is 6.17. The van der Waals surface area contributed by atoms with Crippen molar-refractivity contribution in [3.05, 3.63) is 59.2 Å². The summed E-state index contributed by atoms with van der Waals surface area (Å²) in [4.78, 5) is 3.59. The molecule has 4 rings (SSSR count). The van der Waals surface area contributed by atoms with Gasteiger partial charge in [0, 0.05) is 23.6 Å². The van der Waals surface area contributed by atoms with Crippen molar-refractivity contribution in [1.82, 2.24) is 4.98 Å². The van der Waals surface area contributed by atoms with Crippen LogP contribution in [0.1, 0.15) is 32.0 Å². The molecule has 2 aromatic carbocycles. The van der Waals surface area contributed by atoms with Crippen molar-refractivity contribution in [3.63, 3.8) is 0 Å². The zero-order valence-electron chi connectivity index (χ0n) is 12.5. The number of fused-ring (bicyclic) bond motifs is 5. The van der Waals surface area contributed by atoms with Crippen molar-refractivity contribution in [2.75, 3.05) is 0 Å². The average Bonchev–Trinajstić information content (AvgIpc) is 2.87. The van der Waals surface area contributed by atoms with Crippen LogP contribution in [0, 0.1) is 6.92 Å². The summed E-state index contributed by atoms with van der Waals surface area (Å²) in [5.74, 6) is 0. The van der Waals surface area contributed by atoms with Crippen LogP contribution < -0.4 is 0 Å². The highest BCUT2D eigenvalue weighted by molar-refractivity contribution is 5.92. The first-order valence-corrected chi connectivity index (χ1v) is 7.52. The third kappa shape index (κ3) is 1.94. The molecule has 20 heavy (non-hydrogen) atoms. The van der Waals surface area contributed by atoms with E-state index in [0.29, 0.717) is 0 Å². The van der Waals surface area contributed by atoms with Crippen LogP contribution in [0.25, 0.3) is 22.2 Å². The Labute approximate surface area is 122 Å². The van der Waals surface area contributed by atoms with Crippen LogP contribution in [0.3, 0.4) is 0 Å². The number of H-pyrrole nitrogens is 1. The summed E-state index contributed by atoms with van der Waals surface area (Å²) in [5.41, 5.74) is 8.30. The minimum atomic E-state index is 0. The van der Waals surface area contributed by atoms with Crippen molar-refractivity contribution in [3.8, 4) is 11.3 Å². The lowest BCUT2D eigenvalue weighted by molar-refractivity contribution is 0.945. The molecule has 0 atom stereocenters. The van der Waals surface area contributed by atoms with E-state index in [9.17, 15) is 0 Å². The molecule has 0 fully saturated rings. The normalized spacial score (nSPS) is 12.3. The molecule has 1 N–H and O–H groups in total. The van der Waals surface area contributed by atoms with E-state index < -0.39 is 0 Å². The molecule has 104 valence electrons. The summed E-state index contributed by atoms with van der Waals surface area (Å²) < 4.78 is 0. The zero-order chi connectivity index (χ0) is 14.1.